The Morgan fingerprint density at radius 2 is 1.81 bits per heavy atom. The van der Waals surface area contributed by atoms with E-state index in [1.54, 1.807) is 13.8 Å². The molecule has 0 spiro atoms. The summed E-state index contributed by atoms with van der Waals surface area (Å²) in [4.78, 5) is 42.0. The fraction of sp³-hybridized carbons (Fsp3) is 0.227. The lowest BCUT2D eigenvalue weighted by Crippen LogP contribution is -2.49. The molecule has 2 heterocycles. The quantitative estimate of drug-likeness (QED) is 0.577. The molecule has 164 valence electrons. The summed E-state index contributed by atoms with van der Waals surface area (Å²) in [6.45, 7) is 3.25. The summed E-state index contributed by atoms with van der Waals surface area (Å²) >= 11 is 0. The molecule has 4 amide bonds. The molecule has 32 heavy (non-hydrogen) atoms. The van der Waals surface area contributed by atoms with Crippen LogP contribution in [0.25, 0.3) is 5.69 Å². The number of halogens is 1. The molecule has 1 aromatic heterocycles. The van der Waals surface area contributed by atoms with E-state index in [0.29, 0.717) is 29.4 Å². The number of hydrogen-bond acceptors (Lipinski definition) is 5. The summed E-state index contributed by atoms with van der Waals surface area (Å²) < 4.78 is 14.5. The number of nitrogens with one attached hydrogen (secondary N) is 2. The molecule has 0 unspecified atom stereocenters. The van der Waals surface area contributed by atoms with Crippen molar-refractivity contribution in [1.29, 1.82) is 0 Å². The number of hydrogen-bond donors (Lipinski definition) is 2. The highest BCUT2D eigenvalue weighted by atomic mass is 19.1. The number of carbonyl (C=O) groups is 3. The second-order valence-electron chi connectivity index (χ2n) is 7.70. The Balaban J connectivity index is 1.46. The van der Waals surface area contributed by atoms with E-state index in [9.17, 15) is 18.8 Å². The standard InChI is InChI=1S/C22H21FN6O3/c1-14-24-18(26-28(14)17-10-8-16(23)9-11-17)19(30)27-29-20(31)22(2,25-21(29)32)13-12-15-6-4-3-5-7-15/h3-11H,12-13H2,1-2H3,(H,25,32)(H,27,30)/t22-/m1/s1. The van der Waals surface area contributed by atoms with Gasteiger partial charge in [-0.3, -0.25) is 9.59 Å². The fourth-order valence-electron chi connectivity index (χ4n) is 3.46. The summed E-state index contributed by atoms with van der Waals surface area (Å²) in [5.74, 6) is -1.64. The molecule has 4 rings (SSSR count). The highest BCUT2D eigenvalue weighted by molar-refractivity contribution is 6.08. The Morgan fingerprint density at radius 3 is 2.50 bits per heavy atom. The van der Waals surface area contributed by atoms with E-state index in [1.165, 1.54) is 28.9 Å². The second kappa shape index (κ2) is 8.22. The maximum Gasteiger partial charge on any atom is 0.344 e. The third kappa shape index (κ3) is 4.07. The number of urea groups is 1. The Kier molecular flexibility index (Phi) is 5.43. The predicted molar refractivity (Wildman–Crippen MR) is 112 cm³/mol. The molecule has 0 aliphatic carbocycles. The maximum absolute atomic E-state index is 13.2. The molecule has 1 saturated heterocycles. The minimum atomic E-state index is -1.16. The van der Waals surface area contributed by atoms with Crippen molar-refractivity contribution in [2.75, 3.05) is 0 Å². The molecule has 0 bridgehead atoms. The first kappa shape index (κ1) is 21.2. The van der Waals surface area contributed by atoms with Crippen molar-refractivity contribution in [1.82, 2.24) is 30.5 Å². The van der Waals surface area contributed by atoms with Crippen molar-refractivity contribution in [3.63, 3.8) is 0 Å². The first-order valence-corrected chi connectivity index (χ1v) is 9.98. The molecule has 10 heteroatoms. The average Bonchev–Trinajstić information content (AvgIpc) is 3.27. The molecule has 3 aromatic rings. The van der Waals surface area contributed by atoms with Gasteiger partial charge in [-0.2, -0.15) is 5.01 Å². The van der Waals surface area contributed by atoms with Crippen molar-refractivity contribution in [3.8, 4) is 5.69 Å². The van der Waals surface area contributed by atoms with Crippen molar-refractivity contribution < 1.29 is 18.8 Å². The van der Waals surface area contributed by atoms with Gasteiger partial charge in [-0.05, 0) is 56.5 Å². The monoisotopic (exact) mass is 436 g/mol. The smallest absolute Gasteiger partial charge is 0.322 e. The van der Waals surface area contributed by atoms with E-state index in [4.69, 9.17) is 0 Å². The van der Waals surface area contributed by atoms with Crippen LogP contribution < -0.4 is 10.7 Å². The lowest BCUT2D eigenvalue weighted by Gasteiger charge is -2.21. The normalized spacial score (nSPS) is 18.0. The number of aryl methyl sites for hydroxylation is 2. The van der Waals surface area contributed by atoms with Gasteiger partial charge in [0.25, 0.3) is 5.91 Å². The number of amides is 4. The molecule has 1 aliphatic heterocycles. The molecule has 1 fully saturated rings. The van der Waals surface area contributed by atoms with E-state index in [0.717, 1.165) is 5.56 Å². The van der Waals surface area contributed by atoms with Gasteiger partial charge in [-0.15, -0.1) is 5.10 Å². The first-order valence-electron chi connectivity index (χ1n) is 9.98. The van der Waals surface area contributed by atoms with Crippen LogP contribution in [0.1, 0.15) is 35.4 Å². The van der Waals surface area contributed by atoms with Crippen LogP contribution in [-0.4, -0.2) is 43.2 Å². The molecule has 0 saturated carbocycles. The third-order valence-corrected chi connectivity index (χ3v) is 5.27. The van der Waals surface area contributed by atoms with Gasteiger partial charge in [0.15, 0.2) is 0 Å². The highest BCUT2D eigenvalue weighted by Gasteiger charge is 2.48. The average molecular weight is 436 g/mol. The summed E-state index contributed by atoms with van der Waals surface area (Å²) in [5.41, 5.74) is 2.67. The van der Waals surface area contributed by atoms with Crippen LogP contribution in [0.3, 0.4) is 0 Å². The highest BCUT2D eigenvalue weighted by Crippen LogP contribution is 2.22. The SMILES string of the molecule is Cc1nc(C(=O)NN2C(=O)N[C@](C)(CCc3ccccc3)C2=O)nn1-c1ccc(F)cc1. The van der Waals surface area contributed by atoms with Crippen LogP contribution in [0.5, 0.6) is 0 Å². The number of rotatable bonds is 6. The number of carbonyl (C=O) groups excluding carboxylic acids is 3. The first-order chi connectivity index (χ1) is 15.3. The minimum Gasteiger partial charge on any atom is -0.322 e. The Hall–Kier alpha value is -4.08. The van der Waals surface area contributed by atoms with Crippen molar-refractivity contribution in [2.45, 2.75) is 32.2 Å². The second-order valence-corrected chi connectivity index (χ2v) is 7.70. The van der Waals surface area contributed by atoms with Crippen molar-refractivity contribution in [2.24, 2.45) is 0 Å². The lowest BCUT2D eigenvalue weighted by molar-refractivity contribution is -0.132. The molecule has 2 aromatic carbocycles. The topological polar surface area (TPSA) is 109 Å². The van der Waals surface area contributed by atoms with Crippen LogP contribution in [0.2, 0.25) is 0 Å². The molecule has 9 nitrogen and oxygen atoms in total. The fourth-order valence-corrected chi connectivity index (χ4v) is 3.46. The summed E-state index contributed by atoms with van der Waals surface area (Å²) in [5, 5.41) is 7.42. The van der Waals surface area contributed by atoms with Crippen LogP contribution in [0.15, 0.2) is 54.6 Å². The molecule has 0 radical (unpaired) electrons. The summed E-state index contributed by atoms with van der Waals surface area (Å²) in [7, 11) is 0. The van der Waals surface area contributed by atoms with E-state index in [-0.39, 0.29) is 5.82 Å². The van der Waals surface area contributed by atoms with E-state index in [2.05, 4.69) is 20.8 Å². The molecular formula is C22H21FN6O3. The zero-order valence-corrected chi connectivity index (χ0v) is 17.5. The van der Waals surface area contributed by atoms with Crippen LogP contribution >= 0.6 is 0 Å². The Morgan fingerprint density at radius 1 is 1.12 bits per heavy atom. The summed E-state index contributed by atoms with van der Waals surface area (Å²) in [6, 6.07) is 14.4. The van der Waals surface area contributed by atoms with Gasteiger partial charge in [0, 0.05) is 0 Å². The van der Waals surface area contributed by atoms with E-state index < -0.39 is 29.2 Å². The van der Waals surface area contributed by atoms with Crippen molar-refractivity contribution >= 4 is 17.8 Å². The predicted octanol–water partition coefficient (Wildman–Crippen LogP) is 2.30. The third-order valence-electron chi connectivity index (χ3n) is 5.27. The zero-order chi connectivity index (χ0) is 22.9. The Bertz CT molecular complexity index is 1180. The van der Waals surface area contributed by atoms with Crippen LogP contribution in [0, 0.1) is 12.7 Å². The number of imide groups is 1. The Labute approximate surface area is 183 Å². The lowest BCUT2D eigenvalue weighted by atomic mass is 9.93. The van der Waals surface area contributed by atoms with Gasteiger partial charge >= 0.3 is 11.9 Å². The number of nitrogens with zero attached hydrogens (tertiary/aromatic N) is 4. The minimum absolute atomic E-state index is 0.231. The van der Waals surface area contributed by atoms with Crippen molar-refractivity contribution in [3.05, 3.63) is 77.6 Å². The zero-order valence-electron chi connectivity index (χ0n) is 17.5. The number of hydrazine groups is 1. The maximum atomic E-state index is 13.2. The largest absolute Gasteiger partial charge is 0.344 e. The number of aromatic nitrogens is 3. The van der Waals surface area contributed by atoms with Crippen LogP contribution in [-0.2, 0) is 11.2 Å². The molecule has 1 aliphatic rings. The van der Waals surface area contributed by atoms with Gasteiger partial charge in [0.05, 0.1) is 5.69 Å². The van der Waals surface area contributed by atoms with Gasteiger partial charge in [-0.25, -0.2) is 24.3 Å². The van der Waals surface area contributed by atoms with Gasteiger partial charge < -0.3 is 5.32 Å². The number of benzene rings is 2. The molecule has 1 atom stereocenters. The molecule has 2 N–H and O–H groups in total. The van der Waals surface area contributed by atoms with Crippen LogP contribution in [0.4, 0.5) is 9.18 Å². The van der Waals surface area contributed by atoms with Gasteiger partial charge in [0.1, 0.15) is 17.2 Å². The van der Waals surface area contributed by atoms with Gasteiger partial charge in [-0.1, -0.05) is 30.3 Å². The van der Waals surface area contributed by atoms with Gasteiger partial charge in [0.2, 0.25) is 5.82 Å². The molecular weight excluding hydrogens is 415 g/mol. The van der Waals surface area contributed by atoms with E-state index >= 15 is 0 Å². The van der Waals surface area contributed by atoms with E-state index in [1.807, 2.05) is 30.3 Å². The summed E-state index contributed by atoms with van der Waals surface area (Å²) in [6.07, 6.45) is 0.943.